The van der Waals surface area contributed by atoms with E-state index >= 15 is 0 Å². The van der Waals surface area contributed by atoms with Gasteiger partial charge in [-0.3, -0.25) is 0 Å². The van der Waals surface area contributed by atoms with Crippen LogP contribution in [0.5, 0.6) is 0 Å². The van der Waals surface area contributed by atoms with Crippen molar-refractivity contribution in [1.82, 2.24) is 15.2 Å². The minimum absolute atomic E-state index is 0.123. The minimum Gasteiger partial charge on any atom is -0.244 e. The van der Waals surface area contributed by atoms with E-state index in [1.165, 1.54) is 6.20 Å². The van der Waals surface area contributed by atoms with Crippen molar-refractivity contribution in [3.05, 3.63) is 40.6 Å². The topological polar surface area (TPSA) is 38.7 Å². The summed E-state index contributed by atoms with van der Waals surface area (Å²) in [4.78, 5) is 3.83. The standard InChI is InChI=1S/C11H9ClFN3/c1-6-3-10(16-15-7(6)2)8-5-14-11(12)4-9(8)13/h3-5H,1-2H3. The maximum Gasteiger partial charge on any atom is 0.137 e. The van der Waals surface area contributed by atoms with Crippen molar-refractivity contribution in [3.63, 3.8) is 0 Å². The third kappa shape index (κ3) is 2.02. The van der Waals surface area contributed by atoms with E-state index in [1.54, 1.807) is 6.07 Å². The monoisotopic (exact) mass is 237 g/mol. The number of halogens is 2. The van der Waals surface area contributed by atoms with E-state index in [9.17, 15) is 4.39 Å². The van der Waals surface area contributed by atoms with E-state index in [0.29, 0.717) is 11.3 Å². The lowest BCUT2D eigenvalue weighted by molar-refractivity contribution is 0.628. The lowest BCUT2D eigenvalue weighted by Gasteiger charge is -2.04. The van der Waals surface area contributed by atoms with Crippen molar-refractivity contribution in [2.75, 3.05) is 0 Å². The van der Waals surface area contributed by atoms with Gasteiger partial charge in [0.15, 0.2) is 0 Å². The van der Waals surface area contributed by atoms with E-state index in [4.69, 9.17) is 11.6 Å². The van der Waals surface area contributed by atoms with Gasteiger partial charge in [-0.2, -0.15) is 10.2 Å². The van der Waals surface area contributed by atoms with E-state index in [-0.39, 0.29) is 5.15 Å². The number of pyridine rings is 1. The van der Waals surface area contributed by atoms with Gasteiger partial charge in [0.25, 0.3) is 0 Å². The molecule has 82 valence electrons. The molecule has 0 saturated carbocycles. The van der Waals surface area contributed by atoms with Gasteiger partial charge < -0.3 is 0 Å². The van der Waals surface area contributed by atoms with Crippen LogP contribution in [0.2, 0.25) is 5.15 Å². The van der Waals surface area contributed by atoms with E-state index in [0.717, 1.165) is 17.3 Å². The van der Waals surface area contributed by atoms with Crippen LogP contribution in [0.1, 0.15) is 11.3 Å². The SMILES string of the molecule is Cc1cc(-c2cnc(Cl)cc2F)nnc1C. The summed E-state index contributed by atoms with van der Waals surface area (Å²) >= 11 is 5.57. The molecule has 16 heavy (non-hydrogen) atoms. The van der Waals surface area contributed by atoms with E-state index in [2.05, 4.69) is 15.2 Å². The molecule has 0 bridgehead atoms. The molecule has 2 heterocycles. The van der Waals surface area contributed by atoms with Crippen LogP contribution in [0.25, 0.3) is 11.3 Å². The third-order valence-corrected chi connectivity index (χ3v) is 2.53. The number of nitrogens with zero attached hydrogens (tertiary/aromatic N) is 3. The molecule has 5 heteroatoms. The molecule has 0 spiro atoms. The largest absolute Gasteiger partial charge is 0.244 e. The molecule has 0 aliphatic rings. The van der Waals surface area contributed by atoms with Gasteiger partial charge in [0.1, 0.15) is 11.0 Å². The molecule has 0 aromatic carbocycles. The summed E-state index contributed by atoms with van der Waals surface area (Å²) in [6.45, 7) is 3.75. The Kier molecular flexibility index (Phi) is 2.83. The first-order valence-electron chi connectivity index (χ1n) is 4.70. The molecule has 0 amide bonds. The van der Waals surface area contributed by atoms with Crippen molar-refractivity contribution in [2.45, 2.75) is 13.8 Å². The Labute approximate surface area is 97.3 Å². The number of aryl methyl sites for hydroxylation is 2. The van der Waals surface area contributed by atoms with Crippen LogP contribution in [0.15, 0.2) is 18.3 Å². The fourth-order valence-electron chi connectivity index (χ4n) is 1.27. The van der Waals surface area contributed by atoms with E-state index in [1.807, 2.05) is 13.8 Å². The normalized spacial score (nSPS) is 10.5. The lowest BCUT2D eigenvalue weighted by Crippen LogP contribution is -1.96. The number of rotatable bonds is 1. The summed E-state index contributed by atoms with van der Waals surface area (Å²) < 4.78 is 13.6. The second kappa shape index (κ2) is 4.14. The molecule has 0 radical (unpaired) electrons. The third-order valence-electron chi connectivity index (χ3n) is 2.33. The van der Waals surface area contributed by atoms with Crippen molar-refractivity contribution < 1.29 is 4.39 Å². The average molecular weight is 238 g/mol. The molecule has 0 atom stereocenters. The minimum atomic E-state index is -0.447. The maximum absolute atomic E-state index is 13.6. The predicted molar refractivity (Wildman–Crippen MR) is 59.7 cm³/mol. The van der Waals surface area contributed by atoms with Gasteiger partial charge in [0.05, 0.1) is 17.0 Å². The molecule has 0 unspecified atom stereocenters. The second-order valence-electron chi connectivity index (χ2n) is 3.48. The Morgan fingerprint density at radius 3 is 2.56 bits per heavy atom. The number of hydrogen-bond donors (Lipinski definition) is 0. The van der Waals surface area contributed by atoms with Crippen molar-refractivity contribution in [1.29, 1.82) is 0 Å². The predicted octanol–water partition coefficient (Wildman–Crippen LogP) is 2.95. The summed E-state index contributed by atoms with van der Waals surface area (Å²) in [6.07, 6.45) is 1.36. The molecule has 0 aliphatic heterocycles. The fraction of sp³-hybridized carbons (Fsp3) is 0.182. The zero-order chi connectivity index (χ0) is 11.7. The molecule has 0 N–H and O–H groups in total. The summed E-state index contributed by atoms with van der Waals surface area (Å²) in [5, 5.41) is 7.99. The lowest BCUT2D eigenvalue weighted by atomic mass is 10.1. The Bertz CT molecular complexity index is 543. The van der Waals surface area contributed by atoms with Crippen molar-refractivity contribution >= 4 is 11.6 Å². The van der Waals surface area contributed by atoms with Crippen LogP contribution < -0.4 is 0 Å². The first-order chi connectivity index (χ1) is 7.58. The summed E-state index contributed by atoms with van der Waals surface area (Å²) in [7, 11) is 0. The van der Waals surface area contributed by atoms with Gasteiger partial charge in [-0.15, -0.1) is 0 Å². The molecular weight excluding hydrogens is 229 g/mol. The summed E-state index contributed by atoms with van der Waals surface area (Å²) in [6, 6.07) is 2.93. The van der Waals surface area contributed by atoms with Gasteiger partial charge in [0, 0.05) is 12.3 Å². The van der Waals surface area contributed by atoms with Crippen LogP contribution >= 0.6 is 11.6 Å². The average Bonchev–Trinajstić information content (AvgIpc) is 2.22. The first-order valence-corrected chi connectivity index (χ1v) is 5.08. The van der Waals surface area contributed by atoms with Gasteiger partial charge in [-0.25, -0.2) is 9.37 Å². The second-order valence-corrected chi connectivity index (χ2v) is 3.87. The van der Waals surface area contributed by atoms with Crippen molar-refractivity contribution in [3.8, 4) is 11.3 Å². The molecule has 3 nitrogen and oxygen atoms in total. The number of aromatic nitrogens is 3. The maximum atomic E-state index is 13.6. The van der Waals surface area contributed by atoms with Crippen molar-refractivity contribution in [2.24, 2.45) is 0 Å². The van der Waals surface area contributed by atoms with E-state index < -0.39 is 5.82 Å². The molecule has 2 aromatic heterocycles. The first kappa shape index (κ1) is 11.0. The van der Waals surface area contributed by atoms with Gasteiger partial charge in [-0.1, -0.05) is 11.6 Å². The van der Waals surface area contributed by atoms with Crippen LogP contribution in [0.4, 0.5) is 4.39 Å². The van der Waals surface area contributed by atoms with Crippen LogP contribution in [-0.2, 0) is 0 Å². The zero-order valence-electron chi connectivity index (χ0n) is 8.83. The highest BCUT2D eigenvalue weighted by Crippen LogP contribution is 2.22. The van der Waals surface area contributed by atoms with Crippen LogP contribution in [0, 0.1) is 19.7 Å². The molecular formula is C11H9ClFN3. The van der Waals surface area contributed by atoms with Crippen LogP contribution in [0.3, 0.4) is 0 Å². The quantitative estimate of drug-likeness (QED) is 0.716. The van der Waals surface area contributed by atoms with Crippen LogP contribution in [-0.4, -0.2) is 15.2 Å². The molecule has 2 aromatic rings. The van der Waals surface area contributed by atoms with Gasteiger partial charge in [-0.05, 0) is 25.5 Å². The summed E-state index contributed by atoms with van der Waals surface area (Å²) in [5.74, 6) is -0.447. The Morgan fingerprint density at radius 2 is 1.94 bits per heavy atom. The Hall–Kier alpha value is -1.55. The number of hydrogen-bond acceptors (Lipinski definition) is 3. The highest BCUT2D eigenvalue weighted by atomic mass is 35.5. The Balaban J connectivity index is 2.54. The highest BCUT2D eigenvalue weighted by molar-refractivity contribution is 6.29. The molecule has 0 fully saturated rings. The highest BCUT2D eigenvalue weighted by Gasteiger charge is 2.09. The fourth-order valence-corrected chi connectivity index (χ4v) is 1.42. The molecule has 0 aliphatic carbocycles. The molecule has 0 saturated heterocycles. The van der Waals surface area contributed by atoms with Gasteiger partial charge in [0.2, 0.25) is 0 Å². The smallest absolute Gasteiger partial charge is 0.137 e. The zero-order valence-corrected chi connectivity index (χ0v) is 9.59. The summed E-state index contributed by atoms with van der Waals surface area (Å²) in [5.41, 5.74) is 2.55. The Morgan fingerprint density at radius 1 is 1.19 bits per heavy atom. The molecule has 2 rings (SSSR count). The van der Waals surface area contributed by atoms with Gasteiger partial charge >= 0.3 is 0 Å².